The third kappa shape index (κ3) is 2.79. The Kier molecular flexibility index (Phi) is 4.15. The molecular weight excluding hydrogens is 240 g/mol. The minimum absolute atomic E-state index is 0.0175. The molecule has 0 fully saturated rings. The van der Waals surface area contributed by atoms with Crippen molar-refractivity contribution >= 4 is 11.3 Å². The molecule has 0 radical (unpaired) electrons. The summed E-state index contributed by atoms with van der Waals surface area (Å²) in [7, 11) is 0. The van der Waals surface area contributed by atoms with Crippen LogP contribution >= 0.6 is 11.3 Å². The molecule has 1 N–H and O–H groups in total. The van der Waals surface area contributed by atoms with Gasteiger partial charge in [0, 0.05) is 17.3 Å². The maximum absolute atomic E-state index is 4.75. The van der Waals surface area contributed by atoms with Crippen LogP contribution in [-0.2, 0) is 12.0 Å². The van der Waals surface area contributed by atoms with Crippen molar-refractivity contribution < 1.29 is 0 Å². The molecule has 1 heterocycles. The molecule has 0 spiro atoms. The number of hydrogen-bond donors (Lipinski definition) is 1. The lowest BCUT2D eigenvalue weighted by molar-refractivity contribution is 0.626. The second-order valence-electron chi connectivity index (χ2n) is 4.92. The van der Waals surface area contributed by atoms with E-state index in [1.807, 2.05) is 0 Å². The van der Waals surface area contributed by atoms with Gasteiger partial charge in [0.05, 0.1) is 5.69 Å². The van der Waals surface area contributed by atoms with E-state index in [4.69, 9.17) is 4.98 Å². The number of rotatable bonds is 5. The first-order valence-electron chi connectivity index (χ1n) is 6.35. The van der Waals surface area contributed by atoms with E-state index in [1.54, 1.807) is 11.3 Å². The van der Waals surface area contributed by atoms with E-state index in [0.717, 1.165) is 18.8 Å². The van der Waals surface area contributed by atoms with Crippen molar-refractivity contribution in [2.45, 2.75) is 32.7 Å². The summed E-state index contributed by atoms with van der Waals surface area (Å²) in [6.45, 7) is 8.42. The van der Waals surface area contributed by atoms with Crippen LogP contribution in [0.25, 0.3) is 0 Å². The Hall–Kier alpha value is -1.19. The van der Waals surface area contributed by atoms with Gasteiger partial charge in [0.25, 0.3) is 0 Å². The Morgan fingerprint density at radius 2 is 1.94 bits per heavy atom. The molecule has 1 aromatic heterocycles. The highest BCUT2D eigenvalue weighted by Crippen LogP contribution is 2.33. The van der Waals surface area contributed by atoms with E-state index < -0.39 is 0 Å². The molecule has 0 aliphatic rings. The number of hydrogen-bond acceptors (Lipinski definition) is 3. The van der Waals surface area contributed by atoms with Gasteiger partial charge in [-0.25, -0.2) is 4.98 Å². The second-order valence-corrected chi connectivity index (χ2v) is 5.77. The minimum Gasteiger partial charge on any atom is -0.311 e. The van der Waals surface area contributed by atoms with Gasteiger partial charge in [-0.1, -0.05) is 37.3 Å². The third-order valence-corrected chi connectivity index (χ3v) is 4.35. The number of nitrogens with zero attached hydrogens (tertiary/aromatic N) is 1. The number of thiazole rings is 1. The van der Waals surface area contributed by atoms with Crippen molar-refractivity contribution in [3.8, 4) is 0 Å². The van der Waals surface area contributed by atoms with Crippen molar-refractivity contribution in [1.29, 1.82) is 0 Å². The van der Waals surface area contributed by atoms with Gasteiger partial charge >= 0.3 is 0 Å². The summed E-state index contributed by atoms with van der Waals surface area (Å²) < 4.78 is 0. The Morgan fingerprint density at radius 1 is 1.22 bits per heavy atom. The van der Waals surface area contributed by atoms with Crippen LogP contribution in [0.4, 0.5) is 0 Å². The van der Waals surface area contributed by atoms with Crippen molar-refractivity contribution in [2.24, 2.45) is 0 Å². The van der Waals surface area contributed by atoms with Crippen LogP contribution < -0.4 is 5.32 Å². The molecule has 0 amide bonds. The first kappa shape index (κ1) is 13.2. The zero-order valence-electron chi connectivity index (χ0n) is 11.2. The van der Waals surface area contributed by atoms with Crippen LogP contribution in [0.3, 0.4) is 0 Å². The lowest BCUT2D eigenvalue weighted by Crippen LogP contribution is -2.19. The van der Waals surface area contributed by atoms with Crippen molar-refractivity contribution in [3.63, 3.8) is 0 Å². The fourth-order valence-corrected chi connectivity index (χ4v) is 2.87. The molecule has 0 bridgehead atoms. The SMILES string of the molecule is CCNCc1csc(C(C)(C)c2ccccc2)n1. The highest BCUT2D eigenvalue weighted by Gasteiger charge is 2.26. The van der Waals surface area contributed by atoms with Crippen molar-refractivity contribution in [2.75, 3.05) is 6.54 Å². The van der Waals surface area contributed by atoms with Gasteiger partial charge in [0.1, 0.15) is 5.01 Å². The molecule has 0 saturated carbocycles. The van der Waals surface area contributed by atoms with Crippen LogP contribution in [0, 0.1) is 0 Å². The minimum atomic E-state index is -0.0175. The van der Waals surface area contributed by atoms with E-state index in [0.29, 0.717) is 0 Å². The fourth-order valence-electron chi connectivity index (χ4n) is 1.91. The number of aromatic nitrogens is 1. The monoisotopic (exact) mass is 260 g/mol. The summed E-state index contributed by atoms with van der Waals surface area (Å²) in [5.41, 5.74) is 2.44. The van der Waals surface area contributed by atoms with Gasteiger partial charge < -0.3 is 5.32 Å². The molecular formula is C15H20N2S. The predicted octanol–water partition coefficient (Wildman–Crippen LogP) is 3.58. The smallest absolute Gasteiger partial charge is 0.103 e. The van der Waals surface area contributed by atoms with Gasteiger partial charge in [-0.3, -0.25) is 0 Å². The summed E-state index contributed by atoms with van der Waals surface area (Å²) in [6, 6.07) is 10.6. The van der Waals surface area contributed by atoms with Crippen LogP contribution in [-0.4, -0.2) is 11.5 Å². The zero-order valence-corrected chi connectivity index (χ0v) is 12.1. The average Bonchev–Trinajstić information content (AvgIpc) is 2.87. The third-order valence-electron chi connectivity index (χ3n) is 3.14. The van der Waals surface area contributed by atoms with Gasteiger partial charge in [-0.2, -0.15) is 0 Å². The van der Waals surface area contributed by atoms with Crippen molar-refractivity contribution in [1.82, 2.24) is 10.3 Å². The molecule has 0 aliphatic heterocycles. The summed E-state index contributed by atoms with van der Waals surface area (Å²) in [5.74, 6) is 0. The topological polar surface area (TPSA) is 24.9 Å². The molecule has 2 nitrogen and oxygen atoms in total. The fraction of sp³-hybridized carbons (Fsp3) is 0.400. The zero-order chi connectivity index (χ0) is 13.0. The molecule has 0 atom stereocenters. The maximum Gasteiger partial charge on any atom is 0.103 e. The molecule has 2 aromatic rings. The highest BCUT2D eigenvalue weighted by molar-refractivity contribution is 7.09. The molecule has 0 aliphatic carbocycles. The lowest BCUT2D eigenvalue weighted by atomic mass is 9.85. The van der Waals surface area contributed by atoms with Crippen LogP contribution in [0.5, 0.6) is 0 Å². The Balaban J connectivity index is 2.22. The molecule has 96 valence electrons. The van der Waals surface area contributed by atoms with Crippen molar-refractivity contribution in [3.05, 3.63) is 52.0 Å². The Morgan fingerprint density at radius 3 is 2.61 bits per heavy atom. The highest BCUT2D eigenvalue weighted by atomic mass is 32.1. The largest absolute Gasteiger partial charge is 0.311 e. The van der Waals surface area contributed by atoms with Crippen LogP contribution in [0.2, 0.25) is 0 Å². The predicted molar refractivity (Wildman–Crippen MR) is 78.1 cm³/mol. The second kappa shape index (κ2) is 5.63. The van der Waals surface area contributed by atoms with Gasteiger partial charge in [0.15, 0.2) is 0 Å². The van der Waals surface area contributed by atoms with E-state index in [2.05, 4.69) is 61.8 Å². The first-order chi connectivity index (χ1) is 8.64. The van der Waals surface area contributed by atoms with E-state index in [9.17, 15) is 0 Å². The first-order valence-corrected chi connectivity index (χ1v) is 7.23. The molecule has 0 unspecified atom stereocenters. The molecule has 1 aromatic carbocycles. The van der Waals surface area contributed by atoms with E-state index >= 15 is 0 Å². The molecule has 18 heavy (non-hydrogen) atoms. The van der Waals surface area contributed by atoms with Crippen LogP contribution in [0.15, 0.2) is 35.7 Å². The Labute approximate surface area is 113 Å². The van der Waals surface area contributed by atoms with Gasteiger partial charge in [0.2, 0.25) is 0 Å². The lowest BCUT2D eigenvalue weighted by Gasteiger charge is -2.22. The van der Waals surface area contributed by atoms with E-state index in [1.165, 1.54) is 10.6 Å². The number of benzene rings is 1. The average molecular weight is 260 g/mol. The van der Waals surface area contributed by atoms with Gasteiger partial charge in [-0.05, 0) is 26.0 Å². The molecule has 0 saturated heterocycles. The Bertz CT molecular complexity index is 488. The summed E-state index contributed by atoms with van der Waals surface area (Å²) >= 11 is 1.75. The van der Waals surface area contributed by atoms with Gasteiger partial charge in [-0.15, -0.1) is 11.3 Å². The number of nitrogens with one attached hydrogen (secondary N) is 1. The summed E-state index contributed by atoms with van der Waals surface area (Å²) in [5, 5.41) is 6.65. The standard InChI is InChI=1S/C15H20N2S/c1-4-16-10-13-11-18-14(17-13)15(2,3)12-8-6-5-7-9-12/h5-9,11,16H,4,10H2,1-3H3. The maximum atomic E-state index is 4.75. The van der Waals surface area contributed by atoms with E-state index in [-0.39, 0.29) is 5.41 Å². The summed E-state index contributed by atoms with van der Waals surface area (Å²) in [6.07, 6.45) is 0. The normalized spacial score (nSPS) is 11.7. The van der Waals surface area contributed by atoms with Crippen LogP contribution in [0.1, 0.15) is 37.0 Å². The summed E-state index contributed by atoms with van der Waals surface area (Å²) in [4.78, 5) is 4.75. The quantitative estimate of drug-likeness (QED) is 0.889. The molecule has 2 rings (SSSR count). The molecule has 3 heteroatoms.